The van der Waals surface area contributed by atoms with E-state index in [0.29, 0.717) is 0 Å². The second kappa shape index (κ2) is 5.23. The molecule has 0 N–H and O–H groups in total. The Morgan fingerprint density at radius 1 is 1.05 bits per heavy atom. The minimum Gasteiger partial charge on any atom is -0.399 e. The SMILES string of the molecule is CC1(C)OB(c2cn([Si](C)(C)C(C)(C)C)cc2Br)OC1(C)C. The molecule has 0 saturated carbocycles. The fraction of sp³-hybridized carbons (Fsp3) is 0.750. The van der Waals surface area contributed by atoms with E-state index in [1.165, 1.54) is 0 Å². The summed E-state index contributed by atoms with van der Waals surface area (Å²) in [5.41, 5.74) is 0.468. The summed E-state index contributed by atoms with van der Waals surface area (Å²) in [5, 5.41) is 0.276. The Labute approximate surface area is 145 Å². The molecule has 1 aromatic heterocycles. The molecule has 1 fully saturated rings. The standard InChI is InChI=1S/C16H29BBrNO2Si/c1-14(2,3)22(8,9)19-10-12(13(18)11-19)17-20-15(4,5)16(6,7)21-17/h10-11H,1-9H3. The zero-order valence-electron chi connectivity index (χ0n) is 15.4. The molecule has 0 atom stereocenters. The van der Waals surface area contributed by atoms with Crippen molar-refractivity contribution in [2.45, 2.75) is 77.8 Å². The summed E-state index contributed by atoms with van der Waals surface area (Å²) < 4.78 is 15.9. The molecule has 0 aromatic carbocycles. The van der Waals surface area contributed by atoms with Gasteiger partial charge in [-0.25, -0.2) is 0 Å². The minimum absolute atomic E-state index is 0.276. The fourth-order valence-electron chi connectivity index (χ4n) is 2.30. The quantitative estimate of drug-likeness (QED) is 0.704. The molecule has 0 unspecified atom stereocenters. The van der Waals surface area contributed by atoms with Crippen LogP contribution in [0.3, 0.4) is 0 Å². The third kappa shape index (κ3) is 2.88. The predicted octanol–water partition coefficient (Wildman–Crippen LogP) is 4.40. The summed E-state index contributed by atoms with van der Waals surface area (Å²) in [4.78, 5) is 0. The van der Waals surface area contributed by atoms with Crippen LogP contribution >= 0.6 is 15.9 Å². The van der Waals surface area contributed by atoms with Crippen LogP contribution in [0, 0.1) is 0 Å². The number of nitrogens with zero attached hydrogens (tertiary/aromatic N) is 1. The molecule has 2 rings (SSSR count). The molecule has 6 heteroatoms. The summed E-state index contributed by atoms with van der Waals surface area (Å²) in [5.74, 6) is 0. The number of hydrogen-bond donors (Lipinski definition) is 0. The van der Waals surface area contributed by atoms with Crippen molar-refractivity contribution in [3.8, 4) is 0 Å². The van der Waals surface area contributed by atoms with Gasteiger partial charge in [-0.3, -0.25) is 0 Å². The lowest BCUT2D eigenvalue weighted by atomic mass is 9.81. The smallest absolute Gasteiger partial charge is 0.399 e. The number of halogens is 1. The van der Waals surface area contributed by atoms with E-state index in [4.69, 9.17) is 9.31 Å². The molecular formula is C16H29BBrNO2Si. The zero-order valence-corrected chi connectivity index (χ0v) is 18.0. The molecule has 2 heterocycles. The van der Waals surface area contributed by atoms with Gasteiger partial charge in [0.25, 0.3) is 0 Å². The maximum atomic E-state index is 6.19. The largest absolute Gasteiger partial charge is 0.497 e. The normalized spacial score (nSPS) is 21.5. The summed E-state index contributed by atoms with van der Waals surface area (Å²) in [6, 6.07) is 0. The average Bonchev–Trinajstić information content (AvgIpc) is 2.76. The van der Waals surface area contributed by atoms with Crippen LogP contribution in [0.1, 0.15) is 48.5 Å². The maximum Gasteiger partial charge on any atom is 0.497 e. The van der Waals surface area contributed by atoms with Gasteiger partial charge >= 0.3 is 7.12 Å². The number of aromatic nitrogens is 1. The topological polar surface area (TPSA) is 23.4 Å². The van der Waals surface area contributed by atoms with E-state index in [0.717, 1.165) is 9.94 Å². The van der Waals surface area contributed by atoms with E-state index >= 15 is 0 Å². The van der Waals surface area contributed by atoms with Gasteiger partial charge in [0.1, 0.15) is 0 Å². The monoisotopic (exact) mass is 385 g/mol. The maximum absolute atomic E-state index is 6.19. The molecule has 0 amide bonds. The first-order valence-corrected chi connectivity index (χ1v) is 11.7. The highest BCUT2D eigenvalue weighted by atomic mass is 79.9. The molecule has 0 aliphatic carbocycles. The van der Waals surface area contributed by atoms with Crippen LogP contribution in [0.15, 0.2) is 16.9 Å². The number of hydrogen-bond acceptors (Lipinski definition) is 2. The van der Waals surface area contributed by atoms with Crippen molar-refractivity contribution >= 4 is 36.7 Å². The Bertz CT molecular complexity index is 559. The van der Waals surface area contributed by atoms with Gasteiger partial charge in [0.2, 0.25) is 0 Å². The van der Waals surface area contributed by atoms with Gasteiger partial charge in [0.15, 0.2) is 8.24 Å². The van der Waals surface area contributed by atoms with Gasteiger partial charge in [-0.1, -0.05) is 33.9 Å². The second-order valence-electron chi connectivity index (χ2n) is 8.87. The predicted molar refractivity (Wildman–Crippen MR) is 100 cm³/mol. The van der Waals surface area contributed by atoms with E-state index < -0.39 is 8.24 Å². The van der Waals surface area contributed by atoms with Crippen LogP contribution in [0.4, 0.5) is 0 Å². The van der Waals surface area contributed by atoms with E-state index in [-0.39, 0.29) is 23.4 Å². The van der Waals surface area contributed by atoms with Crippen LogP contribution in [-0.2, 0) is 9.31 Å². The lowest BCUT2D eigenvalue weighted by Gasteiger charge is -2.37. The first-order chi connectivity index (χ1) is 9.69. The Morgan fingerprint density at radius 2 is 1.50 bits per heavy atom. The van der Waals surface area contributed by atoms with Crippen LogP contribution < -0.4 is 5.46 Å². The van der Waals surface area contributed by atoms with Crippen molar-refractivity contribution in [2.24, 2.45) is 0 Å². The second-order valence-corrected chi connectivity index (χ2v) is 14.9. The molecule has 1 aliphatic heterocycles. The van der Waals surface area contributed by atoms with Crippen molar-refractivity contribution in [3.63, 3.8) is 0 Å². The Kier molecular flexibility index (Phi) is 4.35. The Balaban J connectivity index is 2.37. The van der Waals surface area contributed by atoms with E-state index in [2.05, 4.69) is 94.1 Å². The van der Waals surface area contributed by atoms with Crippen LogP contribution in [-0.4, -0.2) is 30.8 Å². The van der Waals surface area contributed by atoms with Gasteiger partial charge in [-0.05, 0) is 54.9 Å². The van der Waals surface area contributed by atoms with Crippen molar-refractivity contribution in [3.05, 3.63) is 16.9 Å². The molecule has 1 aliphatic rings. The summed E-state index contributed by atoms with van der Waals surface area (Å²) in [7, 11) is -1.95. The highest BCUT2D eigenvalue weighted by Crippen LogP contribution is 2.39. The fourth-order valence-corrected chi connectivity index (χ4v) is 4.69. The Hall–Kier alpha value is -0.0382. The molecule has 1 aromatic rings. The lowest BCUT2D eigenvalue weighted by Crippen LogP contribution is -2.45. The van der Waals surface area contributed by atoms with Crippen molar-refractivity contribution in [2.75, 3.05) is 0 Å². The van der Waals surface area contributed by atoms with Gasteiger partial charge in [0.05, 0.1) is 11.2 Å². The highest BCUT2D eigenvalue weighted by molar-refractivity contribution is 9.10. The van der Waals surface area contributed by atoms with Gasteiger partial charge < -0.3 is 13.5 Å². The first-order valence-electron chi connectivity index (χ1n) is 7.92. The zero-order chi connectivity index (χ0) is 17.1. The molecule has 0 spiro atoms. The molecule has 3 nitrogen and oxygen atoms in total. The third-order valence-electron chi connectivity index (χ3n) is 5.79. The molecule has 0 bridgehead atoms. The summed E-state index contributed by atoms with van der Waals surface area (Å²) >= 11 is 3.70. The van der Waals surface area contributed by atoms with Crippen LogP contribution in [0.5, 0.6) is 0 Å². The van der Waals surface area contributed by atoms with Gasteiger partial charge in [0, 0.05) is 16.1 Å². The average molecular weight is 386 g/mol. The van der Waals surface area contributed by atoms with E-state index in [1.807, 2.05) is 0 Å². The summed E-state index contributed by atoms with van der Waals surface area (Å²) in [6.07, 6.45) is 4.40. The molecule has 0 radical (unpaired) electrons. The summed E-state index contributed by atoms with van der Waals surface area (Å²) in [6.45, 7) is 20.1. The van der Waals surface area contributed by atoms with E-state index in [9.17, 15) is 0 Å². The third-order valence-corrected chi connectivity index (χ3v) is 11.7. The Morgan fingerprint density at radius 3 is 1.91 bits per heavy atom. The van der Waals surface area contributed by atoms with Crippen molar-refractivity contribution < 1.29 is 9.31 Å². The lowest BCUT2D eigenvalue weighted by molar-refractivity contribution is 0.00578. The molecule has 124 valence electrons. The van der Waals surface area contributed by atoms with E-state index in [1.54, 1.807) is 0 Å². The van der Waals surface area contributed by atoms with Crippen molar-refractivity contribution in [1.82, 2.24) is 4.23 Å². The minimum atomic E-state index is -1.64. The van der Waals surface area contributed by atoms with Crippen LogP contribution in [0.25, 0.3) is 0 Å². The first kappa shape index (κ1) is 18.3. The highest BCUT2D eigenvalue weighted by Gasteiger charge is 2.52. The van der Waals surface area contributed by atoms with Crippen LogP contribution in [0.2, 0.25) is 18.1 Å². The molecule has 1 saturated heterocycles. The molecule has 22 heavy (non-hydrogen) atoms. The van der Waals surface area contributed by atoms with Crippen molar-refractivity contribution in [1.29, 1.82) is 0 Å². The van der Waals surface area contributed by atoms with Gasteiger partial charge in [-0.15, -0.1) is 0 Å². The molecular weight excluding hydrogens is 357 g/mol. The van der Waals surface area contributed by atoms with Gasteiger partial charge in [-0.2, -0.15) is 0 Å². The number of rotatable bonds is 2.